The lowest BCUT2D eigenvalue weighted by Gasteiger charge is -2.13. The number of sulfone groups is 1. The number of benzene rings is 3. The molecule has 0 aliphatic heterocycles. The molecule has 0 saturated carbocycles. The summed E-state index contributed by atoms with van der Waals surface area (Å²) in [5.74, 6) is 0.333. The summed E-state index contributed by atoms with van der Waals surface area (Å²) in [4.78, 5) is 16.5. The standard InChI is InChI=1S/C25H22N2O4S/c1-31-20-10-8-17(9-11-20)23-16-21(32(2,29)30)12-13-22(23)25(28)27-19-6-3-5-18(15-19)24-7-4-14-26-24/h3-16,26H,1-2H3,(H,27,28). The number of hydrogen-bond donors (Lipinski definition) is 2. The predicted octanol–water partition coefficient (Wildman–Crippen LogP) is 5.01. The molecule has 0 aliphatic carbocycles. The van der Waals surface area contributed by atoms with Gasteiger partial charge in [-0.05, 0) is 71.3 Å². The van der Waals surface area contributed by atoms with Crippen molar-refractivity contribution >= 4 is 21.4 Å². The Morgan fingerprint density at radius 2 is 1.69 bits per heavy atom. The van der Waals surface area contributed by atoms with E-state index in [9.17, 15) is 13.2 Å². The summed E-state index contributed by atoms with van der Waals surface area (Å²) in [6.45, 7) is 0. The van der Waals surface area contributed by atoms with Crippen molar-refractivity contribution < 1.29 is 17.9 Å². The third-order valence-corrected chi connectivity index (χ3v) is 6.20. The van der Waals surface area contributed by atoms with Crippen LogP contribution < -0.4 is 10.1 Å². The second-order valence-corrected chi connectivity index (χ2v) is 9.34. The molecule has 1 amide bonds. The second-order valence-electron chi connectivity index (χ2n) is 7.33. The first-order chi connectivity index (χ1) is 15.3. The number of amides is 1. The van der Waals surface area contributed by atoms with Gasteiger partial charge >= 0.3 is 0 Å². The minimum atomic E-state index is -3.44. The van der Waals surface area contributed by atoms with Gasteiger partial charge in [0.05, 0.1) is 12.0 Å². The third-order valence-electron chi connectivity index (χ3n) is 5.09. The van der Waals surface area contributed by atoms with Crippen molar-refractivity contribution in [1.82, 2.24) is 4.98 Å². The van der Waals surface area contributed by atoms with E-state index in [4.69, 9.17) is 4.74 Å². The van der Waals surface area contributed by atoms with Gasteiger partial charge in [-0.25, -0.2) is 8.42 Å². The van der Waals surface area contributed by atoms with Crippen molar-refractivity contribution in [3.05, 3.63) is 90.6 Å². The number of ether oxygens (including phenoxy) is 1. The molecular weight excluding hydrogens is 424 g/mol. The number of aromatic nitrogens is 1. The minimum absolute atomic E-state index is 0.147. The summed E-state index contributed by atoms with van der Waals surface area (Å²) in [6.07, 6.45) is 2.98. The van der Waals surface area contributed by atoms with Crippen molar-refractivity contribution in [3.8, 4) is 28.1 Å². The zero-order valence-corrected chi connectivity index (χ0v) is 18.4. The monoisotopic (exact) mass is 446 g/mol. The van der Waals surface area contributed by atoms with Gasteiger partial charge in [-0.2, -0.15) is 0 Å². The maximum Gasteiger partial charge on any atom is 0.256 e. The fourth-order valence-electron chi connectivity index (χ4n) is 3.43. The highest BCUT2D eigenvalue weighted by Gasteiger charge is 2.18. The number of aromatic amines is 1. The SMILES string of the molecule is COc1ccc(-c2cc(S(C)(=O)=O)ccc2C(=O)Nc2cccc(-c3ccc[nH]3)c2)cc1. The molecule has 4 rings (SSSR count). The predicted molar refractivity (Wildman–Crippen MR) is 126 cm³/mol. The molecule has 0 aliphatic rings. The third kappa shape index (κ3) is 4.58. The number of methoxy groups -OCH3 is 1. The van der Waals surface area contributed by atoms with Crippen molar-refractivity contribution in [1.29, 1.82) is 0 Å². The molecule has 2 N–H and O–H groups in total. The van der Waals surface area contributed by atoms with Gasteiger partial charge in [0.2, 0.25) is 0 Å². The lowest BCUT2D eigenvalue weighted by atomic mass is 9.99. The van der Waals surface area contributed by atoms with E-state index in [0.717, 1.165) is 17.5 Å². The molecule has 32 heavy (non-hydrogen) atoms. The number of nitrogens with one attached hydrogen (secondary N) is 2. The Morgan fingerprint density at radius 1 is 0.906 bits per heavy atom. The van der Waals surface area contributed by atoms with E-state index in [1.807, 2.05) is 42.6 Å². The van der Waals surface area contributed by atoms with Crippen LogP contribution in [0.4, 0.5) is 5.69 Å². The molecule has 0 fully saturated rings. The van der Waals surface area contributed by atoms with E-state index in [2.05, 4.69) is 10.3 Å². The largest absolute Gasteiger partial charge is 0.497 e. The Labute approximate surface area is 186 Å². The molecule has 1 heterocycles. The maximum atomic E-state index is 13.2. The van der Waals surface area contributed by atoms with Crippen LogP contribution in [0.25, 0.3) is 22.4 Å². The van der Waals surface area contributed by atoms with E-state index in [1.54, 1.807) is 37.4 Å². The number of carbonyl (C=O) groups excluding carboxylic acids is 1. The van der Waals surface area contributed by atoms with Crippen LogP contribution in [0.2, 0.25) is 0 Å². The fourth-order valence-corrected chi connectivity index (χ4v) is 4.08. The van der Waals surface area contributed by atoms with Crippen LogP contribution in [0.15, 0.2) is 90.0 Å². The lowest BCUT2D eigenvalue weighted by molar-refractivity contribution is 0.102. The summed E-state index contributed by atoms with van der Waals surface area (Å²) in [5.41, 5.74) is 4.12. The first-order valence-corrected chi connectivity index (χ1v) is 11.8. The quantitative estimate of drug-likeness (QED) is 0.436. The number of hydrogen-bond acceptors (Lipinski definition) is 4. The average Bonchev–Trinajstić information content (AvgIpc) is 3.33. The van der Waals surface area contributed by atoms with E-state index in [0.29, 0.717) is 28.1 Å². The Morgan fingerprint density at radius 3 is 2.34 bits per heavy atom. The van der Waals surface area contributed by atoms with Gasteiger partial charge in [0.15, 0.2) is 9.84 Å². The molecule has 0 unspecified atom stereocenters. The average molecular weight is 447 g/mol. The summed E-state index contributed by atoms with van der Waals surface area (Å²) in [6, 6.07) is 23.0. The van der Waals surface area contributed by atoms with Gasteiger partial charge in [0.1, 0.15) is 5.75 Å². The normalized spacial score (nSPS) is 11.2. The summed E-state index contributed by atoms with van der Waals surface area (Å²) >= 11 is 0. The molecule has 0 bridgehead atoms. The topological polar surface area (TPSA) is 88.3 Å². The first-order valence-electron chi connectivity index (χ1n) is 9.89. The van der Waals surface area contributed by atoms with Gasteiger partial charge in [0.25, 0.3) is 5.91 Å². The van der Waals surface area contributed by atoms with Gasteiger partial charge in [-0.3, -0.25) is 4.79 Å². The fraction of sp³-hybridized carbons (Fsp3) is 0.0800. The van der Waals surface area contributed by atoms with Crippen LogP contribution in [0.1, 0.15) is 10.4 Å². The van der Waals surface area contributed by atoms with Gasteiger partial charge < -0.3 is 15.0 Å². The Hall–Kier alpha value is -3.84. The van der Waals surface area contributed by atoms with Crippen LogP contribution >= 0.6 is 0 Å². The zero-order chi connectivity index (χ0) is 22.7. The smallest absolute Gasteiger partial charge is 0.256 e. The van der Waals surface area contributed by atoms with Crippen molar-refractivity contribution in [2.45, 2.75) is 4.90 Å². The van der Waals surface area contributed by atoms with Crippen molar-refractivity contribution in [2.75, 3.05) is 18.7 Å². The van der Waals surface area contributed by atoms with E-state index >= 15 is 0 Å². The summed E-state index contributed by atoms with van der Waals surface area (Å²) in [7, 11) is -1.87. The molecular formula is C25H22N2O4S. The van der Waals surface area contributed by atoms with Crippen LogP contribution in [-0.2, 0) is 9.84 Å². The number of H-pyrrole nitrogens is 1. The Bertz CT molecular complexity index is 1360. The molecule has 0 spiro atoms. The van der Waals surface area contributed by atoms with E-state index in [1.165, 1.54) is 12.1 Å². The molecule has 162 valence electrons. The zero-order valence-electron chi connectivity index (χ0n) is 17.6. The van der Waals surface area contributed by atoms with Crippen LogP contribution in [0.3, 0.4) is 0 Å². The van der Waals surface area contributed by atoms with Crippen molar-refractivity contribution in [2.24, 2.45) is 0 Å². The van der Waals surface area contributed by atoms with Crippen LogP contribution in [0.5, 0.6) is 5.75 Å². The van der Waals surface area contributed by atoms with Gasteiger partial charge in [0, 0.05) is 29.4 Å². The highest BCUT2D eigenvalue weighted by Crippen LogP contribution is 2.30. The molecule has 1 aromatic heterocycles. The summed E-state index contributed by atoms with van der Waals surface area (Å²) < 4.78 is 29.4. The number of anilines is 1. The maximum absolute atomic E-state index is 13.2. The van der Waals surface area contributed by atoms with Crippen LogP contribution in [0, 0.1) is 0 Å². The molecule has 3 aromatic carbocycles. The Balaban J connectivity index is 1.72. The highest BCUT2D eigenvalue weighted by molar-refractivity contribution is 7.90. The number of rotatable bonds is 6. The highest BCUT2D eigenvalue weighted by atomic mass is 32.2. The number of carbonyl (C=O) groups is 1. The second kappa shape index (κ2) is 8.72. The summed E-state index contributed by atoms with van der Waals surface area (Å²) in [5, 5.41) is 2.92. The Kier molecular flexibility index (Phi) is 5.83. The van der Waals surface area contributed by atoms with Gasteiger partial charge in [-0.1, -0.05) is 24.3 Å². The molecule has 0 saturated heterocycles. The molecule has 4 aromatic rings. The molecule has 7 heteroatoms. The molecule has 0 atom stereocenters. The van der Waals surface area contributed by atoms with Crippen LogP contribution in [-0.4, -0.2) is 32.7 Å². The minimum Gasteiger partial charge on any atom is -0.497 e. The van der Waals surface area contributed by atoms with Gasteiger partial charge in [-0.15, -0.1) is 0 Å². The molecule has 6 nitrogen and oxygen atoms in total. The van der Waals surface area contributed by atoms with Crippen molar-refractivity contribution in [3.63, 3.8) is 0 Å². The molecule has 0 radical (unpaired) electrons. The van der Waals surface area contributed by atoms with E-state index in [-0.39, 0.29) is 10.8 Å². The van der Waals surface area contributed by atoms with E-state index < -0.39 is 9.84 Å². The lowest BCUT2D eigenvalue weighted by Crippen LogP contribution is -2.14. The first kappa shape index (κ1) is 21.4.